The molecule has 0 spiro atoms. The predicted molar refractivity (Wildman–Crippen MR) is 116 cm³/mol. The maximum Gasteiger partial charge on any atom is 0.170 e. The molecule has 2 N–H and O–H groups in total. The number of fused-ring (bicyclic) bond motifs is 1. The molecule has 4 aromatic rings. The molecule has 0 aliphatic heterocycles. The van der Waals surface area contributed by atoms with Gasteiger partial charge < -0.3 is 10.1 Å². The van der Waals surface area contributed by atoms with Gasteiger partial charge >= 0.3 is 0 Å². The molecule has 0 radical (unpaired) electrons. The normalized spacial score (nSPS) is 11.6. The summed E-state index contributed by atoms with van der Waals surface area (Å²) >= 11 is 0. The van der Waals surface area contributed by atoms with Crippen LogP contribution in [-0.4, -0.2) is 45.7 Å². The van der Waals surface area contributed by atoms with Crippen LogP contribution in [-0.2, 0) is 13.1 Å². The first kappa shape index (κ1) is 19.9. The zero-order chi connectivity index (χ0) is 21.1. The number of hydroxylamine groups is 3. The maximum absolute atomic E-state index is 9.97. The Kier molecular flexibility index (Phi) is 5.39. The number of quaternary nitrogens is 1. The number of nitrogens with zero attached hydrogens (tertiary/aromatic N) is 4. The molecule has 7 nitrogen and oxygen atoms in total. The SMILES string of the molecule is COc1ccccc1CNc1ccc(-c2ccc(C[N+](C)(C)O)cc2)c2nncn12. The van der Waals surface area contributed by atoms with E-state index in [0.29, 0.717) is 13.1 Å². The van der Waals surface area contributed by atoms with Crippen molar-refractivity contribution in [3.8, 4) is 16.9 Å². The average molecular weight is 404 g/mol. The first-order valence-corrected chi connectivity index (χ1v) is 9.78. The summed E-state index contributed by atoms with van der Waals surface area (Å²) in [5.74, 6) is 1.76. The van der Waals surface area contributed by atoms with Crippen LogP contribution in [0.25, 0.3) is 16.8 Å². The first-order chi connectivity index (χ1) is 14.4. The second-order valence-electron chi connectivity index (χ2n) is 7.80. The largest absolute Gasteiger partial charge is 0.496 e. The topological polar surface area (TPSA) is 71.7 Å². The number of hydrogen-bond acceptors (Lipinski definition) is 5. The van der Waals surface area contributed by atoms with E-state index in [1.165, 1.54) is 0 Å². The van der Waals surface area contributed by atoms with Gasteiger partial charge in [0.05, 0.1) is 21.2 Å². The van der Waals surface area contributed by atoms with Crippen molar-refractivity contribution in [3.63, 3.8) is 0 Å². The van der Waals surface area contributed by atoms with Crippen LogP contribution in [0.5, 0.6) is 5.75 Å². The Morgan fingerprint density at radius 3 is 2.53 bits per heavy atom. The molecule has 2 aromatic heterocycles. The number of aromatic nitrogens is 3. The van der Waals surface area contributed by atoms with E-state index in [-0.39, 0.29) is 4.65 Å². The number of ether oxygens (including phenoxy) is 1. The number of rotatable bonds is 7. The Bertz CT molecular complexity index is 1150. The molecular weight excluding hydrogens is 378 g/mol. The Balaban J connectivity index is 1.60. The molecule has 2 aromatic carbocycles. The van der Waals surface area contributed by atoms with Gasteiger partial charge in [0, 0.05) is 23.2 Å². The quantitative estimate of drug-likeness (QED) is 0.360. The monoisotopic (exact) mass is 404 g/mol. The van der Waals surface area contributed by atoms with Gasteiger partial charge in [-0.05, 0) is 23.8 Å². The third-order valence-electron chi connectivity index (χ3n) is 4.94. The molecule has 7 heteroatoms. The minimum Gasteiger partial charge on any atom is -0.496 e. The Hall–Kier alpha value is -3.42. The van der Waals surface area contributed by atoms with Crippen molar-refractivity contribution in [2.24, 2.45) is 0 Å². The van der Waals surface area contributed by atoms with Crippen molar-refractivity contribution in [2.75, 3.05) is 26.5 Å². The molecule has 0 aliphatic carbocycles. The van der Waals surface area contributed by atoms with Crippen molar-refractivity contribution >= 4 is 11.5 Å². The van der Waals surface area contributed by atoms with E-state index >= 15 is 0 Å². The van der Waals surface area contributed by atoms with Gasteiger partial charge in [0.1, 0.15) is 24.4 Å². The summed E-state index contributed by atoms with van der Waals surface area (Å²) < 4.78 is 7.29. The third-order valence-corrected chi connectivity index (χ3v) is 4.94. The highest BCUT2D eigenvalue weighted by molar-refractivity contribution is 5.79. The van der Waals surface area contributed by atoms with Gasteiger partial charge in [-0.1, -0.05) is 42.5 Å². The summed E-state index contributed by atoms with van der Waals surface area (Å²) in [5, 5.41) is 21.9. The van der Waals surface area contributed by atoms with Gasteiger partial charge in [0.2, 0.25) is 0 Å². The van der Waals surface area contributed by atoms with Crippen molar-refractivity contribution in [2.45, 2.75) is 13.1 Å². The molecule has 0 saturated carbocycles. The lowest BCUT2D eigenvalue weighted by Gasteiger charge is -2.19. The fourth-order valence-electron chi connectivity index (χ4n) is 3.55. The van der Waals surface area contributed by atoms with E-state index < -0.39 is 0 Å². The molecule has 30 heavy (non-hydrogen) atoms. The lowest BCUT2D eigenvalue weighted by atomic mass is 10.0. The van der Waals surface area contributed by atoms with E-state index in [0.717, 1.165) is 39.5 Å². The number of methoxy groups -OCH3 is 1. The van der Waals surface area contributed by atoms with Gasteiger partial charge in [-0.15, -0.1) is 10.2 Å². The van der Waals surface area contributed by atoms with E-state index in [1.54, 1.807) is 27.5 Å². The summed E-state index contributed by atoms with van der Waals surface area (Å²) in [5.41, 5.74) is 4.98. The highest BCUT2D eigenvalue weighted by atomic mass is 16.5. The van der Waals surface area contributed by atoms with Crippen molar-refractivity contribution in [3.05, 3.63) is 78.1 Å². The van der Waals surface area contributed by atoms with Crippen LogP contribution in [0.15, 0.2) is 67.0 Å². The molecule has 0 unspecified atom stereocenters. The average Bonchev–Trinajstić information content (AvgIpc) is 3.22. The van der Waals surface area contributed by atoms with Crippen LogP contribution in [0.3, 0.4) is 0 Å². The van der Waals surface area contributed by atoms with E-state index in [9.17, 15) is 5.21 Å². The van der Waals surface area contributed by atoms with Crippen molar-refractivity contribution < 1.29 is 14.6 Å². The highest BCUT2D eigenvalue weighted by Crippen LogP contribution is 2.27. The predicted octanol–water partition coefficient (Wildman–Crippen LogP) is 3.98. The second kappa shape index (κ2) is 8.14. The lowest BCUT2D eigenvalue weighted by molar-refractivity contribution is -1.08. The third kappa shape index (κ3) is 4.27. The molecule has 0 amide bonds. The summed E-state index contributed by atoms with van der Waals surface area (Å²) in [6.07, 6.45) is 1.71. The number of anilines is 1. The van der Waals surface area contributed by atoms with Crippen LogP contribution in [0.4, 0.5) is 5.82 Å². The van der Waals surface area contributed by atoms with Crippen molar-refractivity contribution in [1.82, 2.24) is 14.6 Å². The molecule has 4 rings (SSSR count). The highest BCUT2D eigenvalue weighted by Gasteiger charge is 2.14. The van der Waals surface area contributed by atoms with Gasteiger partial charge in [-0.2, -0.15) is 4.65 Å². The number of pyridine rings is 1. The molecule has 0 fully saturated rings. The van der Waals surface area contributed by atoms with Crippen LogP contribution in [0.2, 0.25) is 0 Å². The molecule has 2 heterocycles. The van der Waals surface area contributed by atoms with Gasteiger partial charge in [-0.25, -0.2) is 5.21 Å². The Labute approximate surface area is 175 Å². The fraction of sp³-hybridized carbons (Fsp3) is 0.217. The minimum absolute atomic E-state index is 0.0969. The molecular formula is C23H26N5O2+. The summed E-state index contributed by atoms with van der Waals surface area (Å²) in [6, 6.07) is 20.2. The first-order valence-electron chi connectivity index (χ1n) is 9.78. The van der Waals surface area contributed by atoms with E-state index in [4.69, 9.17) is 4.74 Å². The van der Waals surface area contributed by atoms with Crippen LogP contribution >= 0.6 is 0 Å². The minimum atomic E-state index is -0.0969. The number of hydrogen-bond donors (Lipinski definition) is 2. The van der Waals surface area contributed by atoms with Crippen LogP contribution in [0.1, 0.15) is 11.1 Å². The number of para-hydroxylation sites is 1. The summed E-state index contributed by atoms with van der Waals surface area (Å²) in [7, 11) is 5.19. The van der Waals surface area contributed by atoms with Crippen molar-refractivity contribution in [1.29, 1.82) is 0 Å². The van der Waals surface area contributed by atoms with Gasteiger partial charge in [-0.3, -0.25) is 4.40 Å². The lowest BCUT2D eigenvalue weighted by Crippen LogP contribution is -2.34. The zero-order valence-corrected chi connectivity index (χ0v) is 17.4. The summed E-state index contributed by atoms with van der Waals surface area (Å²) in [6.45, 7) is 1.17. The molecule has 154 valence electrons. The van der Waals surface area contributed by atoms with Crippen LogP contribution in [0, 0.1) is 0 Å². The standard InChI is InChI=1S/C23H26N5O2/c1-28(2,29)15-17-8-10-18(11-9-17)20-12-13-22(27-16-25-26-23(20)27)24-14-19-6-4-5-7-21(19)30-3/h4-13,16,24,29H,14-15H2,1-3H3/q+1. The van der Waals surface area contributed by atoms with E-state index in [2.05, 4.69) is 33.7 Å². The van der Waals surface area contributed by atoms with Crippen LogP contribution < -0.4 is 10.1 Å². The zero-order valence-electron chi connectivity index (χ0n) is 17.4. The maximum atomic E-state index is 9.97. The molecule has 0 aliphatic rings. The Morgan fingerprint density at radius 1 is 1.03 bits per heavy atom. The number of nitrogens with one attached hydrogen (secondary N) is 1. The Morgan fingerprint density at radius 2 is 1.80 bits per heavy atom. The van der Waals surface area contributed by atoms with Gasteiger partial charge in [0.15, 0.2) is 5.65 Å². The molecule has 0 atom stereocenters. The van der Waals surface area contributed by atoms with Gasteiger partial charge in [0.25, 0.3) is 0 Å². The fourth-order valence-corrected chi connectivity index (χ4v) is 3.55. The van der Waals surface area contributed by atoms with E-state index in [1.807, 2.05) is 46.9 Å². The summed E-state index contributed by atoms with van der Waals surface area (Å²) in [4.78, 5) is 0. The smallest absolute Gasteiger partial charge is 0.170 e. The number of benzene rings is 2. The second-order valence-corrected chi connectivity index (χ2v) is 7.80. The molecule has 0 bridgehead atoms. The molecule has 0 saturated heterocycles.